The molecule has 1 aromatic carbocycles. The van der Waals surface area contributed by atoms with E-state index in [0.29, 0.717) is 5.56 Å². The van der Waals surface area contributed by atoms with E-state index in [0.717, 1.165) is 45.5 Å². The fraction of sp³-hybridized carbons (Fsp3) is 0.455. The lowest BCUT2D eigenvalue weighted by molar-refractivity contribution is 0.0911. The molecular formula is C22H27N3O2. The van der Waals surface area contributed by atoms with Gasteiger partial charge in [0.2, 0.25) is 0 Å². The van der Waals surface area contributed by atoms with E-state index in [2.05, 4.69) is 39.5 Å². The predicted octanol–water partition coefficient (Wildman–Crippen LogP) is 2.94. The fourth-order valence-corrected chi connectivity index (χ4v) is 4.66. The van der Waals surface area contributed by atoms with E-state index >= 15 is 0 Å². The molecule has 1 spiro atoms. The van der Waals surface area contributed by atoms with Crippen molar-refractivity contribution in [2.45, 2.75) is 30.7 Å². The normalized spacial score (nSPS) is 21.1. The Morgan fingerprint density at radius 2 is 2.07 bits per heavy atom. The Morgan fingerprint density at radius 3 is 2.81 bits per heavy atom. The molecule has 2 aromatic rings. The maximum absolute atomic E-state index is 12.7. The van der Waals surface area contributed by atoms with Gasteiger partial charge in [-0.2, -0.15) is 0 Å². The van der Waals surface area contributed by atoms with Gasteiger partial charge in [0.25, 0.3) is 5.91 Å². The number of aromatic nitrogens is 1. The van der Waals surface area contributed by atoms with Gasteiger partial charge in [0.05, 0.1) is 18.2 Å². The summed E-state index contributed by atoms with van der Waals surface area (Å²) in [4.78, 5) is 19.2. The van der Waals surface area contributed by atoms with Gasteiger partial charge in [-0.3, -0.25) is 9.78 Å². The molecule has 5 nitrogen and oxygen atoms in total. The molecule has 1 amide bonds. The van der Waals surface area contributed by atoms with Gasteiger partial charge in [-0.15, -0.1) is 0 Å². The third kappa shape index (κ3) is 3.62. The van der Waals surface area contributed by atoms with E-state index in [-0.39, 0.29) is 17.4 Å². The summed E-state index contributed by atoms with van der Waals surface area (Å²) >= 11 is 0. The van der Waals surface area contributed by atoms with E-state index in [9.17, 15) is 4.79 Å². The lowest BCUT2D eigenvalue weighted by atomic mass is 9.73. The molecule has 27 heavy (non-hydrogen) atoms. The number of pyridine rings is 1. The number of benzene rings is 1. The van der Waals surface area contributed by atoms with Crippen LogP contribution in [0.2, 0.25) is 0 Å². The van der Waals surface area contributed by atoms with Gasteiger partial charge in [0.15, 0.2) is 0 Å². The number of hydrogen-bond donors (Lipinski definition) is 1. The molecule has 1 fully saturated rings. The van der Waals surface area contributed by atoms with Crippen molar-refractivity contribution in [2.24, 2.45) is 0 Å². The zero-order valence-corrected chi connectivity index (χ0v) is 15.9. The number of carbonyl (C=O) groups excluding carboxylic acids is 1. The van der Waals surface area contributed by atoms with Crippen LogP contribution < -0.4 is 5.32 Å². The van der Waals surface area contributed by atoms with Gasteiger partial charge in [-0.05, 0) is 55.6 Å². The van der Waals surface area contributed by atoms with E-state index < -0.39 is 0 Å². The highest BCUT2D eigenvalue weighted by atomic mass is 16.5. The molecule has 1 aliphatic heterocycles. The zero-order chi connectivity index (χ0) is 18.7. The molecule has 0 radical (unpaired) electrons. The van der Waals surface area contributed by atoms with E-state index in [4.69, 9.17) is 4.74 Å². The summed E-state index contributed by atoms with van der Waals surface area (Å²) in [6.07, 6.45) is 6.56. The van der Waals surface area contributed by atoms with Gasteiger partial charge in [0.1, 0.15) is 0 Å². The van der Waals surface area contributed by atoms with E-state index in [1.807, 2.05) is 6.07 Å². The second-order valence-corrected chi connectivity index (χ2v) is 7.67. The van der Waals surface area contributed by atoms with Gasteiger partial charge in [-0.1, -0.05) is 24.3 Å². The van der Waals surface area contributed by atoms with Crippen LogP contribution in [0.1, 0.15) is 46.8 Å². The molecule has 1 aliphatic carbocycles. The lowest BCUT2D eigenvalue weighted by Crippen LogP contribution is -2.43. The number of nitrogens with one attached hydrogen (secondary N) is 1. The largest absolute Gasteiger partial charge is 0.383 e. The molecule has 1 N–H and O–H groups in total. The summed E-state index contributed by atoms with van der Waals surface area (Å²) in [7, 11) is 1.76. The van der Waals surface area contributed by atoms with Crippen LogP contribution in [0.3, 0.4) is 0 Å². The number of amides is 1. The molecule has 4 rings (SSSR count). The Balaban J connectivity index is 1.51. The van der Waals surface area contributed by atoms with Crippen molar-refractivity contribution < 1.29 is 9.53 Å². The first kappa shape index (κ1) is 18.1. The number of piperidine rings is 1. The molecule has 2 aliphatic rings. The van der Waals surface area contributed by atoms with Crippen molar-refractivity contribution in [3.05, 3.63) is 65.5 Å². The van der Waals surface area contributed by atoms with Crippen LogP contribution in [0.25, 0.3) is 0 Å². The first-order valence-electron chi connectivity index (χ1n) is 9.73. The minimum absolute atomic E-state index is 0.0440. The molecule has 0 unspecified atom stereocenters. The van der Waals surface area contributed by atoms with Crippen LogP contribution in [-0.2, 0) is 10.2 Å². The second-order valence-electron chi connectivity index (χ2n) is 7.67. The minimum Gasteiger partial charge on any atom is -0.383 e. The van der Waals surface area contributed by atoms with Crippen molar-refractivity contribution >= 4 is 5.91 Å². The first-order chi connectivity index (χ1) is 13.2. The van der Waals surface area contributed by atoms with Gasteiger partial charge in [-0.25, -0.2) is 0 Å². The summed E-state index contributed by atoms with van der Waals surface area (Å²) in [5.74, 6) is -0.0440. The van der Waals surface area contributed by atoms with Crippen LogP contribution >= 0.6 is 0 Å². The Bertz CT molecular complexity index is 785. The summed E-state index contributed by atoms with van der Waals surface area (Å²) < 4.78 is 5.23. The molecule has 2 heterocycles. The highest BCUT2D eigenvalue weighted by molar-refractivity contribution is 5.94. The third-order valence-electron chi connectivity index (χ3n) is 6.16. The number of nitrogens with zero attached hydrogens (tertiary/aromatic N) is 2. The number of carbonyl (C=O) groups is 1. The smallest absolute Gasteiger partial charge is 0.253 e. The SMILES string of the molecule is COCCN1CCC2(CC1)C[C@@H](NC(=O)c1cccnc1)c1ccccc12. The molecule has 0 bridgehead atoms. The Hall–Kier alpha value is -2.24. The second kappa shape index (κ2) is 7.79. The summed E-state index contributed by atoms with van der Waals surface area (Å²) in [6.45, 7) is 3.95. The quantitative estimate of drug-likeness (QED) is 0.885. The molecule has 0 saturated carbocycles. The van der Waals surface area contributed by atoms with Gasteiger partial charge >= 0.3 is 0 Å². The first-order valence-corrected chi connectivity index (χ1v) is 9.73. The molecule has 5 heteroatoms. The van der Waals surface area contributed by atoms with Gasteiger partial charge in [0, 0.05) is 31.5 Å². The average Bonchev–Trinajstić information content (AvgIpc) is 3.02. The van der Waals surface area contributed by atoms with E-state index in [1.165, 1.54) is 11.1 Å². The van der Waals surface area contributed by atoms with Crippen molar-refractivity contribution in [3.8, 4) is 0 Å². The number of ether oxygens (including phenoxy) is 1. The van der Waals surface area contributed by atoms with Crippen molar-refractivity contribution in [1.29, 1.82) is 0 Å². The van der Waals surface area contributed by atoms with Crippen molar-refractivity contribution in [2.75, 3.05) is 33.4 Å². The summed E-state index contributed by atoms with van der Waals surface area (Å²) in [5, 5.41) is 3.26. The topological polar surface area (TPSA) is 54.5 Å². The van der Waals surface area contributed by atoms with Crippen molar-refractivity contribution in [1.82, 2.24) is 15.2 Å². The number of likely N-dealkylation sites (tertiary alicyclic amines) is 1. The monoisotopic (exact) mass is 365 g/mol. The number of methoxy groups -OCH3 is 1. The van der Waals surface area contributed by atoms with Crippen LogP contribution in [0.15, 0.2) is 48.8 Å². The van der Waals surface area contributed by atoms with Gasteiger partial charge < -0.3 is 15.0 Å². The minimum atomic E-state index is -0.0440. The third-order valence-corrected chi connectivity index (χ3v) is 6.16. The molecular weight excluding hydrogens is 338 g/mol. The highest BCUT2D eigenvalue weighted by Crippen LogP contribution is 2.50. The van der Waals surface area contributed by atoms with Crippen LogP contribution in [0, 0.1) is 0 Å². The Kier molecular flexibility index (Phi) is 5.23. The standard InChI is InChI=1S/C22H27N3O2/c1-27-14-13-25-11-8-22(9-12-25)15-20(18-6-2-3-7-19(18)22)24-21(26)17-5-4-10-23-16-17/h2-7,10,16,20H,8-9,11-15H2,1H3,(H,24,26)/t20-/m1/s1. The Morgan fingerprint density at radius 1 is 1.26 bits per heavy atom. The molecule has 1 saturated heterocycles. The van der Waals surface area contributed by atoms with E-state index in [1.54, 1.807) is 25.6 Å². The van der Waals surface area contributed by atoms with Crippen LogP contribution in [0.4, 0.5) is 0 Å². The molecule has 1 aromatic heterocycles. The number of rotatable bonds is 5. The predicted molar refractivity (Wildman–Crippen MR) is 105 cm³/mol. The zero-order valence-electron chi connectivity index (χ0n) is 15.9. The maximum atomic E-state index is 12.7. The van der Waals surface area contributed by atoms with Crippen molar-refractivity contribution in [3.63, 3.8) is 0 Å². The summed E-state index contributed by atoms with van der Waals surface area (Å²) in [5.41, 5.74) is 3.49. The van der Waals surface area contributed by atoms with Crippen LogP contribution in [0.5, 0.6) is 0 Å². The molecule has 1 atom stereocenters. The lowest BCUT2D eigenvalue weighted by Gasteiger charge is -2.40. The number of fused-ring (bicyclic) bond motifs is 2. The maximum Gasteiger partial charge on any atom is 0.253 e. The fourth-order valence-electron chi connectivity index (χ4n) is 4.66. The molecule has 142 valence electrons. The van der Waals surface area contributed by atoms with Crippen LogP contribution in [-0.4, -0.2) is 49.1 Å². The highest BCUT2D eigenvalue weighted by Gasteiger charge is 2.45. The Labute approximate surface area is 160 Å². The number of hydrogen-bond acceptors (Lipinski definition) is 4. The summed E-state index contributed by atoms with van der Waals surface area (Å²) in [6, 6.07) is 12.3. The average molecular weight is 365 g/mol.